The zero-order valence-electron chi connectivity index (χ0n) is 9.25. The smallest absolute Gasteiger partial charge is 0.312 e. The lowest BCUT2D eigenvalue weighted by Crippen LogP contribution is -2.47. The van der Waals surface area contributed by atoms with Gasteiger partial charge >= 0.3 is 6.03 Å². The van der Waals surface area contributed by atoms with Crippen LogP contribution in [0.1, 0.15) is 20.3 Å². The van der Waals surface area contributed by atoms with E-state index in [0.29, 0.717) is 13.1 Å². The van der Waals surface area contributed by atoms with Gasteiger partial charge in [0.2, 0.25) is 5.91 Å². The average Bonchev–Trinajstić information content (AvgIpc) is 2.21. The normalized spacial score (nSPS) is 14.1. The third-order valence-electron chi connectivity index (χ3n) is 2.28. The van der Waals surface area contributed by atoms with Crippen molar-refractivity contribution in [2.24, 2.45) is 17.4 Å². The SMILES string of the molecule is CC[C@H](C)[C@H](N)C(=O)NCCNC(N)=O. The van der Waals surface area contributed by atoms with E-state index >= 15 is 0 Å². The van der Waals surface area contributed by atoms with Gasteiger partial charge in [-0.1, -0.05) is 20.3 Å². The first-order chi connectivity index (χ1) is 6.99. The second-order valence-corrected chi connectivity index (χ2v) is 3.49. The van der Waals surface area contributed by atoms with Gasteiger partial charge < -0.3 is 22.1 Å². The van der Waals surface area contributed by atoms with E-state index in [0.717, 1.165) is 6.42 Å². The van der Waals surface area contributed by atoms with Gasteiger partial charge in [0.05, 0.1) is 6.04 Å². The molecule has 0 bridgehead atoms. The van der Waals surface area contributed by atoms with Crippen molar-refractivity contribution in [3.63, 3.8) is 0 Å². The van der Waals surface area contributed by atoms with E-state index < -0.39 is 12.1 Å². The van der Waals surface area contributed by atoms with E-state index in [1.54, 1.807) is 0 Å². The second kappa shape index (κ2) is 7.05. The first kappa shape index (κ1) is 13.7. The fraction of sp³-hybridized carbons (Fsp3) is 0.778. The molecule has 6 heteroatoms. The van der Waals surface area contributed by atoms with Crippen molar-refractivity contribution in [3.05, 3.63) is 0 Å². The predicted octanol–water partition coefficient (Wildman–Crippen LogP) is -0.856. The minimum atomic E-state index is -0.601. The lowest BCUT2D eigenvalue weighted by atomic mass is 9.99. The molecule has 0 fully saturated rings. The summed E-state index contributed by atoms with van der Waals surface area (Å²) in [5.41, 5.74) is 10.5. The summed E-state index contributed by atoms with van der Waals surface area (Å²) in [4.78, 5) is 21.7. The van der Waals surface area contributed by atoms with E-state index in [-0.39, 0.29) is 11.8 Å². The van der Waals surface area contributed by atoms with Crippen LogP contribution in [0.2, 0.25) is 0 Å². The molecule has 0 saturated heterocycles. The van der Waals surface area contributed by atoms with Crippen LogP contribution in [-0.2, 0) is 4.79 Å². The standard InChI is InChI=1S/C9H20N4O2/c1-3-6(2)7(10)8(14)12-4-5-13-9(11)15/h6-7H,3-5,10H2,1-2H3,(H,12,14)(H3,11,13,15)/t6-,7-/m0/s1. The van der Waals surface area contributed by atoms with Crippen LogP contribution in [0, 0.1) is 5.92 Å². The highest BCUT2D eigenvalue weighted by Crippen LogP contribution is 2.04. The van der Waals surface area contributed by atoms with Crippen LogP contribution in [0.25, 0.3) is 0 Å². The largest absolute Gasteiger partial charge is 0.353 e. The monoisotopic (exact) mass is 216 g/mol. The van der Waals surface area contributed by atoms with Gasteiger partial charge in [0.1, 0.15) is 0 Å². The van der Waals surface area contributed by atoms with E-state index in [2.05, 4.69) is 10.6 Å². The number of amides is 3. The molecule has 0 spiro atoms. The van der Waals surface area contributed by atoms with Gasteiger partial charge in [0.15, 0.2) is 0 Å². The quantitative estimate of drug-likeness (QED) is 0.434. The molecular formula is C9H20N4O2. The molecular weight excluding hydrogens is 196 g/mol. The Morgan fingerprint density at radius 2 is 1.80 bits per heavy atom. The van der Waals surface area contributed by atoms with Crippen LogP contribution in [0.3, 0.4) is 0 Å². The summed E-state index contributed by atoms with van der Waals surface area (Å²) >= 11 is 0. The number of rotatable bonds is 6. The lowest BCUT2D eigenvalue weighted by molar-refractivity contribution is -0.123. The maximum atomic E-state index is 11.4. The maximum Gasteiger partial charge on any atom is 0.312 e. The van der Waals surface area contributed by atoms with Crippen LogP contribution < -0.4 is 22.1 Å². The molecule has 15 heavy (non-hydrogen) atoms. The van der Waals surface area contributed by atoms with E-state index in [4.69, 9.17) is 11.5 Å². The Labute approximate surface area is 89.8 Å². The molecule has 0 aromatic rings. The molecule has 0 radical (unpaired) electrons. The van der Waals surface area contributed by atoms with Crippen molar-refractivity contribution in [2.45, 2.75) is 26.3 Å². The number of urea groups is 1. The zero-order valence-corrected chi connectivity index (χ0v) is 9.25. The topological polar surface area (TPSA) is 110 Å². The van der Waals surface area contributed by atoms with Crippen LogP contribution in [-0.4, -0.2) is 31.1 Å². The number of nitrogens with two attached hydrogens (primary N) is 2. The Bertz CT molecular complexity index is 220. The molecule has 0 unspecified atom stereocenters. The number of carbonyl (C=O) groups excluding carboxylic acids is 2. The molecule has 0 heterocycles. The van der Waals surface area contributed by atoms with E-state index in [1.807, 2.05) is 13.8 Å². The van der Waals surface area contributed by atoms with Gasteiger partial charge in [-0.2, -0.15) is 0 Å². The lowest BCUT2D eigenvalue weighted by Gasteiger charge is -2.17. The molecule has 2 atom stereocenters. The molecule has 3 amide bonds. The molecule has 6 N–H and O–H groups in total. The van der Waals surface area contributed by atoms with Gasteiger partial charge in [-0.15, -0.1) is 0 Å². The maximum absolute atomic E-state index is 11.4. The van der Waals surface area contributed by atoms with Crippen molar-refractivity contribution < 1.29 is 9.59 Å². The second-order valence-electron chi connectivity index (χ2n) is 3.49. The van der Waals surface area contributed by atoms with E-state index in [9.17, 15) is 9.59 Å². The van der Waals surface area contributed by atoms with Crippen molar-refractivity contribution >= 4 is 11.9 Å². The molecule has 0 aliphatic heterocycles. The molecule has 0 aliphatic carbocycles. The summed E-state index contributed by atoms with van der Waals surface area (Å²) in [6, 6.07) is -1.10. The molecule has 88 valence electrons. The summed E-state index contributed by atoms with van der Waals surface area (Å²) in [5, 5.41) is 4.99. The Kier molecular flexibility index (Phi) is 6.44. The third kappa shape index (κ3) is 5.90. The van der Waals surface area contributed by atoms with Crippen molar-refractivity contribution in [3.8, 4) is 0 Å². The number of nitrogens with one attached hydrogen (secondary N) is 2. The summed E-state index contributed by atoms with van der Waals surface area (Å²) < 4.78 is 0. The fourth-order valence-electron chi connectivity index (χ4n) is 1.00. The van der Waals surface area contributed by atoms with Gasteiger partial charge in [0, 0.05) is 13.1 Å². The molecule has 0 saturated carbocycles. The number of carbonyl (C=O) groups is 2. The molecule has 0 aromatic carbocycles. The summed E-state index contributed by atoms with van der Waals surface area (Å²) in [5.74, 6) is -0.0512. The Morgan fingerprint density at radius 1 is 1.27 bits per heavy atom. The predicted molar refractivity (Wildman–Crippen MR) is 58.0 cm³/mol. The van der Waals surface area contributed by atoms with Gasteiger partial charge in [-0.05, 0) is 5.92 Å². The highest BCUT2D eigenvalue weighted by Gasteiger charge is 2.18. The average molecular weight is 216 g/mol. The summed E-state index contributed by atoms with van der Waals surface area (Å²) in [7, 11) is 0. The fourth-order valence-corrected chi connectivity index (χ4v) is 1.00. The number of hydrogen-bond donors (Lipinski definition) is 4. The minimum absolute atomic E-state index is 0.147. The van der Waals surface area contributed by atoms with Crippen LogP contribution in [0.15, 0.2) is 0 Å². The molecule has 0 aromatic heterocycles. The number of hydrogen-bond acceptors (Lipinski definition) is 3. The molecule has 0 aliphatic rings. The Balaban J connectivity index is 3.69. The first-order valence-corrected chi connectivity index (χ1v) is 5.05. The van der Waals surface area contributed by atoms with Crippen LogP contribution in [0.5, 0.6) is 0 Å². The zero-order chi connectivity index (χ0) is 11.8. The van der Waals surface area contributed by atoms with Crippen LogP contribution >= 0.6 is 0 Å². The Morgan fingerprint density at radius 3 is 2.27 bits per heavy atom. The van der Waals surface area contributed by atoms with Crippen molar-refractivity contribution in [1.29, 1.82) is 0 Å². The number of primary amides is 1. The van der Waals surface area contributed by atoms with Crippen LogP contribution in [0.4, 0.5) is 4.79 Å². The van der Waals surface area contributed by atoms with Gasteiger partial charge in [-0.25, -0.2) is 4.79 Å². The minimum Gasteiger partial charge on any atom is -0.353 e. The van der Waals surface area contributed by atoms with Crippen molar-refractivity contribution in [2.75, 3.05) is 13.1 Å². The van der Waals surface area contributed by atoms with Gasteiger partial charge in [-0.3, -0.25) is 4.79 Å². The highest BCUT2D eigenvalue weighted by atomic mass is 16.2. The van der Waals surface area contributed by atoms with E-state index in [1.165, 1.54) is 0 Å². The molecule has 6 nitrogen and oxygen atoms in total. The Hall–Kier alpha value is -1.30. The van der Waals surface area contributed by atoms with Gasteiger partial charge in [0.25, 0.3) is 0 Å². The highest BCUT2D eigenvalue weighted by molar-refractivity contribution is 5.81. The third-order valence-corrected chi connectivity index (χ3v) is 2.28. The molecule has 0 rings (SSSR count). The summed E-state index contributed by atoms with van der Waals surface area (Å²) in [6.07, 6.45) is 0.855. The van der Waals surface area contributed by atoms with Crippen molar-refractivity contribution in [1.82, 2.24) is 10.6 Å². The summed E-state index contributed by atoms with van der Waals surface area (Å²) in [6.45, 7) is 4.55. The first-order valence-electron chi connectivity index (χ1n) is 5.05.